The molecular formula is C36H37Cl2F3N4O3. The number of nitrogens with zero attached hydrogens (tertiary/aromatic N) is 3. The summed E-state index contributed by atoms with van der Waals surface area (Å²) < 4.78 is 52.6. The number of nitriles is 1. The number of rotatable bonds is 6. The summed E-state index contributed by atoms with van der Waals surface area (Å²) >= 11 is 12.4. The fourth-order valence-electron chi connectivity index (χ4n) is 7.00. The molecule has 3 aromatic carbocycles. The smallest absolute Gasteiger partial charge is 0.410 e. The molecule has 2 aliphatic rings. The van der Waals surface area contributed by atoms with Gasteiger partial charge in [-0.25, -0.2) is 18.0 Å². The van der Waals surface area contributed by atoms with E-state index in [2.05, 4.69) is 11.4 Å². The second-order valence-corrected chi connectivity index (χ2v) is 14.2. The summed E-state index contributed by atoms with van der Waals surface area (Å²) in [4.78, 5) is 30.4. The molecule has 7 nitrogen and oxygen atoms in total. The molecule has 3 aromatic rings. The second kappa shape index (κ2) is 14.0. The molecule has 2 heterocycles. The molecule has 2 saturated heterocycles. The van der Waals surface area contributed by atoms with Gasteiger partial charge in [0.05, 0.1) is 17.1 Å². The molecule has 254 valence electrons. The highest BCUT2D eigenvalue weighted by Crippen LogP contribution is 2.55. The first kappa shape index (κ1) is 35.5. The van der Waals surface area contributed by atoms with Gasteiger partial charge in [0.2, 0.25) is 5.91 Å². The van der Waals surface area contributed by atoms with E-state index in [0.717, 1.165) is 6.07 Å². The van der Waals surface area contributed by atoms with E-state index < -0.39 is 58.5 Å². The van der Waals surface area contributed by atoms with E-state index in [-0.39, 0.29) is 39.3 Å². The lowest BCUT2D eigenvalue weighted by Crippen LogP contribution is -2.53. The Balaban J connectivity index is 1.59. The van der Waals surface area contributed by atoms with Gasteiger partial charge in [0.1, 0.15) is 28.5 Å². The summed E-state index contributed by atoms with van der Waals surface area (Å²) in [5, 5.41) is 14.0. The third kappa shape index (κ3) is 6.87. The average Bonchev–Trinajstić information content (AvgIpc) is 3.27. The summed E-state index contributed by atoms with van der Waals surface area (Å²) in [6, 6.07) is 13.9. The summed E-state index contributed by atoms with van der Waals surface area (Å²) in [5.41, 5.74) is -2.41. The van der Waals surface area contributed by atoms with Crippen LogP contribution in [0.15, 0.2) is 60.7 Å². The maximum Gasteiger partial charge on any atom is 0.410 e. The van der Waals surface area contributed by atoms with Crippen LogP contribution in [-0.2, 0) is 21.5 Å². The molecule has 12 heteroatoms. The molecule has 0 aliphatic carbocycles. The molecule has 4 atom stereocenters. The van der Waals surface area contributed by atoms with Crippen molar-refractivity contribution in [3.63, 3.8) is 0 Å². The quantitative estimate of drug-likeness (QED) is 0.284. The van der Waals surface area contributed by atoms with E-state index in [1.54, 1.807) is 49.6 Å². The van der Waals surface area contributed by atoms with Gasteiger partial charge in [-0.15, -0.1) is 0 Å². The summed E-state index contributed by atoms with van der Waals surface area (Å²) in [7, 11) is 0. The van der Waals surface area contributed by atoms with Gasteiger partial charge in [-0.05, 0) is 70.4 Å². The molecule has 5 rings (SSSR count). The lowest BCUT2D eigenvalue weighted by molar-refractivity contribution is -0.127. The number of ether oxygens (including phenoxy) is 1. The largest absolute Gasteiger partial charge is 0.444 e. The fraction of sp³-hybridized carbons (Fsp3) is 0.417. The number of carbonyl (C=O) groups is 2. The minimum Gasteiger partial charge on any atom is -0.444 e. The van der Waals surface area contributed by atoms with E-state index in [0.29, 0.717) is 25.9 Å². The lowest BCUT2D eigenvalue weighted by Gasteiger charge is -2.36. The third-order valence-corrected chi connectivity index (χ3v) is 9.80. The van der Waals surface area contributed by atoms with Gasteiger partial charge in [-0.1, -0.05) is 59.6 Å². The van der Waals surface area contributed by atoms with E-state index in [4.69, 9.17) is 27.9 Å². The molecule has 0 radical (unpaired) electrons. The SMILES string of the molecule is CC1N(Cc2ccccc2F)[C@@H](C(=O)NC2CCN(C(=O)OC(C)(C)C)CC2)[C@H](c2cccc(Cl)c2F)[C@@]1(C#N)c1ccc(Cl)cc1F. The predicted molar refractivity (Wildman–Crippen MR) is 177 cm³/mol. The van der Waals surface area contributed by atoms with Crippen molar-refractivity contribution in [2.45, 2.75) is 82.1 Å². The zero-order valence-corrected chi connectivity index (χ0v) is 28.6. The van der Waals surface area contributed by atoms with Crippen LogP contribution in [0.3, 0.4) is 0 Å². The number of carbonyl (C=O) groups excluding carboxylic acids is 2. The van der Waals surface area contributed by atoms with Crippen molar-refractivity contribution in [1.29, 1.82) is 5.26 Å². The minimum atomic E-state index is -1.85. The number of halogens is 5. The standard InChI is InChI=1S/C36H37Cl2F3N4O3/c1-21-36(20-42,26-13-12-23(37)18-29(26)40)30(25-9-7-10-27(38)31(25)41)32(45(21)19-22-8-5-6-11-28(22)39)33(46)43-24-14-16-44(17-15-24)34(47)48-35(2,3)4/h5-13,18,21,24,30,32H,14-17,19H2,1-4H3,(H,43,46)/t21?,30-,32+,36+/m0/s1. The fourth-order valence-corrected chi connectivity index (χ4v) is 7.34. The van der Waals surface area contributed by atoms with Crippen LogP contribution >= 0.6 is 23.2 Å². The first-order chi connectivity index (χ1) is 22.7. The Morgan fingerprint density at radius 3 is 2.33 bits per heavy atom. The van der Waals surface area contributed by atoms with Gasteiger partial charge in [0.15, 0.2) is 0 Å². The Morgan fingerprint density at radius 1 is 1.02 bits per heavy atom. The van der Waals surface area contributed by atoms with Crippen molar-refractivity contribution in [2.75, 3.05) is 13.1 Å². The topological polar surface area (TPSA) is 85.7 Å². The van der Waals surface area contributed by atoms with Crippen LogP contribution in [-0.4, -0.2) is 58.6 Å². The maximum absolute atomic E-state index is 16.1. The molecule has 0 spiro atoms. The number of nitrogens with one attached hydrogen (secondary N) is 1. The number of likely N-dealkylation sites (tertiary alicyclic amines) is 2. The van der Waals surface area contributed by atoms with Gasteiger partial charge in [-0.3, -0.25) is 9.69 Å². The Morgan fingerprint density at radius 2 is 1.71 bits per heavy atom. The number of amides is 2. The first-order valence-electron chi connectivity index (χ1n) is 15.8. The van der Waals surface area contributed by atoms with Gasteiger partial charge in [-0.2, -0.15) is 5.26 Å². The molecular weight excluding hydrogens is 664 g/mol. The van der Waals surface area contributed by atoms with Crippen molar-refractivity contribution in [3.05, 3.63) is 105 Å². The Hall–Kier alpha value is -3.78. The van der Waals surface area contributed by atoms with Crippen molar-refractivity contribution in [2.24, 2.45) is 0 Å². The van der Waals surface area contributed by atoms with Crippen LogP contribution in [0, 0.1) is 28.8 Å². The van der Waals surface area contributed by atoms with Crippen LogP contribution in [0.2, 0.25) is 10.0 Å². The van der Waals surface area contributed by atoms with Crippen LogP contribution in [0.25, 0.3) is 0 Å². The third-order valence-electron chi connectivity index (χ3n) is 9.27. The van der Waals surface area contributed by atoms with Gasteiger partial charge in [0.25, 0.3) is 0 Å². The van der Waals surface area contributed by atoms with Crippen molar-refractivity contribution in [1.82, 2.24) is 15.1 Å². The Labute approximate surface area is 288 Å². The molecule has 1 unspecified atom stereocenters. The van der Waals surface area contributed by atoms with Crippen molar-refractivity contribution in [3.8, 4) is 6.07 Å². The molecule has 2 fully saturated rings. The van der Waals surface area contributed by atoms with Crippen molar-refractivity contribution >= 4 is 35.2 Å². The number of piperidine rings is 1. The zero-order valence-electron chi connectivity index (χ0n) is 27.1. The highest BCUT2D eigenvalue weighted by atomic mass is 35.5. The van der Waals surface area contributed by atoms with E-state index in [9.17, 15) is 14.9 Å². The van der Waals surface area contributed by atoms with E-state index in [1.807, 2.05) is 0 Å². The van der Waals surface area contributed by atoms with Crippen LogP contribution < -0.4 is 5.32 Å². The Kier molecular flexibility index (Phi) is 10.4. The number of benzene rings is 3. The second-order valence-electron chi connectivity index (χ2n) is 13.4. The molecule has 0 aromatic heterocycles. The highest BCUT2D eigenvalue weighted by Gasteiger charge is 2.63. The number of hydrogen-bond acceptors (Lipinski definition) is 5. The van der Waals surface area contributed by atoms with E-state index in [1.165, 1.54) is 42.5 Å². The summed E-state index contributed by atoms with van der Waals surface area (Å²) in [5.74, 6) is -4.02. The summed E-state index contributed by atoms with van der Waals surface area (Å²) in [6.45, 7) is 7.51. The molecule has 48 heavy (non-hydrogen) atoms. The van der Waals surface area contributed by atoms with Crippen LogP contribution in [0.4, 0.5) is 18.0 Å². The van der Waals surface area contributed by atoms with Gasteiger partial charge in [0, 0.05) is 53.8 Å². The van der Waals surface area contributed by atoms with Crippen molar-refractivity contribution < 1.29 is 27.5 Å². The highest BCUT2D eigenvalue weighted by molar-refractivity contribution is 6.31. The molecule has 2 amide bonds. The lowest BCUT2D eigenvalue weighted by atomic mass is 9.65. The van der Waals surface area contributed by atoms with Gasteiger partial charge < -0.3 is 15.0 Å². The monoisotopic (exact) mass is 700 g/mol. The minimum absolute atomic E-state index is 0.0545. The molecule has 0 saturated carbocycles. The zero-order chi connectivity index (χ0) is 35.0. The molecule has 0 bridgehead atoms. The van der Waals surface area contributed by atoms with Crippen LogP contribution in [0.1, 0.15) is 63.1 Å². The predicted octanol–water partition coefficient (Wildman–Crippen LogP) is 7.74. The van der Waals surface area contributed by atoms with E-state index >= 15 is 13.2 Å². The first-order valence-corrected chi connectivity index (χ1v) is 16.5. The maximum atomic E-state index is 16.1. The Bertz CT molecular complexity index is 1740. The van der Waals surface area contributed by atoms with Crippen LogP contribution in [0.5, 0.6) is 0 Å². The molecule has 2 aliphatic heterocycles. The normalized spacial score (nSPS) is 23.5. The summed E-state index contributed by atoms with van der Waals surface area (Å²) in [6.07, 6.45) is 0.367. The number of hydrogen-bond donors (Lipinski definition) is 1. The average molecular weight is 702 g/mol. The van der Waals surface area contributed by atoms with Gasteiger partial charge >= 0.3 is 6.09 Å². The molecule has 1 N–H and O–H groups in total.